The van der Waals surface area contributed by atoms with Gasteiger partial charge in [-0.3, -0.25) is 9.59 Å². The Morgan fingerprint density at radius 2 is 1.93 bits per heavy atom. The molecule has 0 spiro atoms. The second kappa shape index (κ2) is 9.56. The predicted octanol–water partition coefficient (Wildman–Crippen LogP) is 2.98. The predicted molar refractivity (Wildman–Crippen MR) is 110 cm³/mol. The van der Waals surface area contributed by atoms with Gasteiger partial charge in [-0.15, -0.1) is 12.4 Å². The first kappa shape index (κ1) is 21.7. The highest BCUT2D eigenvalue weighted by molar-refractivity contribution is 5.94. The molecule has 1 aromatic carbocycles. The quantitative estimate of drug-likeness (QED) is 0.825. The van der Waals surface area contributed by atoms with Crippen molar-refractivity contribution in [3.05, 3.63) is 35.9 Å². The van der Waals surface area contributed by atoms with Gasteiger partial charge < -0.3 is 16.0 Å². The highest BCUT2D eigenvalue weighted by Gasteiger charge is 2.40. The van der Waals surface area contributed by atoms with Crippen LogP contribution in [0.1, 0.15) is 55.8 Å². The first-order chi connectivity index (χ1) is 12.5. The molecule has 2 aliphatic rings. The number of likely N-dealkylation sites (tertiary alicyclic amines) is 1. The number of benzene rings is 1. The summed E-state index contributed by atoms with van der Waals surface area (Å²) in [5.41, 5.74) is 6.72. The van der Waals surface area contributed by atoms with Crippen molar-refractivity contribution in [3.8, 4) is 0 Å². The molecule has 0 bridgehead atoms. The van der Waals surface area contributed by atoms with E-state index in [1.807, 2.05) is 42.2 Å². The maximum atomic E-state index is 13.0. The Morgan fingerprint density at radius 1 is 1.19 bits per heavy atom. The van der Waals surface area contributed by atoms with Gasteiger partial charge in [-0.1, -0.05) is 31.0 Å². The minimum absolute atomic E-state index is 0. The molecule has 5 nitrogen and oxygen atoms in total. The third kappa shape index (κ3) is 5.45. The van der Waals surface area contributed by atoms with E-state index in [1.165, 1.54) is 0 Å². The zero-order valence-electron chi connectivity index (χ0n) is 16.2. The molecule has 3 atom stereocenters. The average Bonchev–Trinajstić information content (AvgIpc) is 2.66. The molecule has 1 saturated heterocycles. The van der Waals surface area contributed by atoms with Crippen LogP contribution in [-0.2, 0) is 4.79 Å². The first-order valence-corrected chi connectivity index (χ1v) is 9.88. The molecule has 3 rings (SSSR count). The molecule has 1 aliphatic carbocycles. The molecule has 1 saturated carbocycles. The molecule has 27 heavy (non-hydrogen) atoms. The number of piperidine rings is 1. The molecule has 3 N–H and O–H groups in total. The topological polar surface area (TPSA) is 75.4 Å². The lowest BCUT2D eigenvalue weighted by molar-refractivity contribution is -0.140. The molecule has 1 aliphatic heterocycles. The molecular weight excluding hydrogens is 362 g/mol. The van der Waals surface area contributed by atoms with Crippen LogP contribution in [0.3, 0.4) is 0 Å². The van der Waals surface area contributed by atoms with Crippen molar-refractivity contribution in [2.45, 2.75) is 51.0 Å². The lowest BCUT2D eigenvalue weighted by Gasteiger charge is -2.42. The Kier molecular flexibility index (Phi) is 7.68. The second-order valence-electron chi connectivity index (χ2n) is 8.17. The van der Waals surface area contributed by atoms with E-state index in [2.05, 4.69) is 5.32 Å². The van der Waals surface area contributed by atoms with Gasteiger partial charge in [0, 0.05) is 30.7 Å². The number of rotatable bonds is 4. The van der Waals surface area contributed by atoms with E-state index in [9.17, 15) is 9.59 Å². The summed E-state index contributed by atoms with van der Waals surface area (Å²) in [6, 6.07) is 9.26. The third-order valence-electron chi connectivity index (χ3n) is 5.97. The number of hydrogen-bond donors (Lipinski definition) is 2. The van der Waals surface area contributed by atoms with E-state index in [0.717, 1.165) is 51.6 Å². The molecule has 6 heteroatoms. The van der Waals surface area contributed by atoms with Crippen LogP contribution in [0.15, 0.2) is 30.3 Å². The van der Waals surface area contributed by atoms with Gasteiger partial charge in [0.2, 0.25) is 5.91 Å². The fourth-order valence-electron chi connectivity index (χ4n) is 4.34. The van der Waals surface area contributed by atoms with Crippen molar-refractivity contribution in [2.75, 3.05) is 19.6 Å². The van der Waals surface area contributed by atoms with Crippen molar-refractivity contribution >= 4 is 24.2 Å². The minimum atomic E-state index is -0.385. The van der Waals surface area contributed by atoms with E-state index in [4.69, 9.17) is 5.73 Å². The summed E-state index contributed by atoms with van der Waals surface area (Å²) < 4.78 is 0. The zero-order valence-corrected chi connectivity index (χ0v) is 17.0. The van der Waals surface area contributed by atoms with E-state index in [-0.39, 0.29) is 35.7 Å². The number of nitrogens with one attached hydrogen (secondary N) is 1. The van der Waals surface area contributed by atoms with E-state index in [1.54, 1.807) is 0 Å². The van der Waals surface area contributed by atoms with Crippen molar-refractivity contribution < 1.29 is 9.59 Å². The number of carbonyl (C=O) groups is 2. The Labute approximate surface area is 168 Å². The van der Waals surface area contributed by atoms with E-state index in [0.29, 0.717) is 18.0 Å². The summed E-state index contributed by atoms with van der Waals surface area (Å²) >= 11 is 0. The Hall–Kier alpha value is -1.59. The van der Waals surface area contributed by atoms with Gasteiger partial charge in [0.15, 0.2) is 0 Å². The molecule has 0 radical (unpaired) electrons. The van der Waals surface area contributed by atoms with Gasteiger partial charge in [-0.05, 0) is 50.7 Å². The van der Waals surface area contributed by atoms with Crippen molar-refractivity contribution in [2.24, 2.45) is 17.6 Å². The lowest BCUT2D eigenvalue weighted by atomic mass is 9.73. The van der Waals surface area contributed by atoms with Gasteiger partial charge in [0.05, 0.1) is 5.92 Å². The largest absolute Gasteiger partial charge is 0.352 e. The maximum absolute atomic E-state index is 13.0. The summed E-state index contributed by atoms with van der Waals surface area (Å²) in [5, 5.41) is 3.02. The van der Waals surface area contributed by atoms with Crippen LogP contribution in [0, 0.1) is 11.8 Å². The summed E-state index contributed by atoms with van der Waals surface area (Å²) in [5.74, 6) is 0.423. The molecule has 1 aromatic rings. The monoisotopic (exact) mass is 393 g/mol. The number of halogens is 1. The van der Waals surface area contributed by atoms with Crippen LogP contribution in [0.2, 0.25) is 0 Å². The maximum Gasteiger partial charge on any atom is 0.251 e. The van der Waals surface area contributed by atoms with Crippen LogP contribution in [0.25, 0.3) is 0 Å². The minimum Gasteiger partial charge on any atom is -0.352 e. The fraction of sp³-hybridized carbons (Fsp3) is 0.619. The summed E-state index contributed by atoms with van der Waals surface area (Å²) in [6.45, 7) is 4.17. The highest BCUT2D eigenvalue weighted by atomic mass is 35.5. The number of hydrogen-bond acceptors (Lipinski definition) is 3. The summed E-state index contributed by atoms with van der Waals surface area (Å²) in [4.78, 5) is 27.2. The molecular formula is C21H32ClN3O2. The molecule has 2 amide bonds. The number of carbonyl (C=O) groups excluding carboxylic acids is 2. The Morgan fingerprint density at radius 3 is 2.63 bits per heavy atom. The van der Waals surface area contributed by atoms with Crippen LogP contribution in [0.5, 0.6) is 0 Å². The Balaban J connectivity index is 0.00000261. The third-order valence-corrected chi connectivity index (χ3v) is 5.97. The zero-order chi connectivity index (χ0) is 18.6. The fourth-order valence-corrected chi connectivity index (χ4v) is 4.34. The van der Waals surface area contributed by atoms with Gasteiger partial charge in [0.1, 0.15) is 0 Å². The molecule has 3 unspecified atom stereocenters. The van der Waals surface area contributed by atoms with Gasteiger partial charge >= 0.3 is 0 Å². The summed E-state index contributed by atoms with van der Waals surface area (Å²) in [7, 11) is 0. The van der Waals surface area contributed by atoms with Crippen LogP contribution in [-0.4, -0.2) is 41.9 Å². The number of amides is 2. The summed E-state index contributed by atoms with van der Waals surface area (Å²) in [6.07, 6.45) is 6.07. The van der Waals surface area contributed by atoms with Gasteiger partial charge in [-0.2, -0.15) is 0 Å². The van der Waals surface area contributed by atoms with E-state index >= 15 is 0 Å². The van der Waals surface area contributed by atoms with E-state index < -0.39 is 0 Å². The van der Waals surface area contributed by atoms with Crippen molar-refractivity contribution in [3.63, 3.8) is 0 Å². The van der Waals surface area contributed by atoms with Crippen LogP contribution >= 0.6 is 12.4 Å². The smallest absolute Gasteiger partial charge is 0.251 e. The molecule has 2 fully saturated rings. The normalized spacial score (nSPS) is 28.1. The lowest BCUT2D eigenvalue weighted by Crippen LogP contribution is -2.55. The number of nitrogens with two attached hydrogens (primary N) is 1. The SMILES string of the molecule is CC1(N)CCCCC1C(=O)N1CCCC(CNC(=O)c2ccccc2)C1.Cl. The highest BCUT2D eigenvalue weighted by Crippen LogP contribution is 2.33. The van der Waals surface area contributed by atoms with Crippen molar-refractivity contribution in [1.82, 2.24) is 10.2 Å². The first-order valence-electron chi connectivity index (χ1n) is 9.88. The Bertz CT molecular complexity index is 636. The number of nitrogens with zero attached hydrogens (tertiary/aromatic N) is 1. The standard InChI is InChI=1S/C21H31N3O2.ClH/c1-21(22)12-6-5-11-18(21)20(26)24-13-7-8-16(15-24)14-23-19(25)17-9-3-2-4-10-17;/h2-4,9-10,16,18H,5-8,11-15,22H2,1H3,(H,23,25);1H. The van der Waals surface area contributed by atoms with Crippen LogP contribution in [0.4, 0.5) is 0 Å². The average molecular weight is 394 g/mol. The molecule has 150 valence electrons. The molecule has 0 aromatic heterocycles. The van der Waals surface area contributed by atoms with Gasteiger partial charge in [-0.25, -0.2) is 0 Å². The van der Waals surface area contributed by atoms with Crippen molar-refractivity contribution in [1.29, 1.82) is 0 Å². The van der Waals surface area contributed by atoms with Crippen LogP contribution < -0.4 is 11.1 Å². The molecule has 1 heterocycles. The van der Waals surface area contributed by atoms with Gasteiger partial charge in [0.25, 0.3) is 5.91 Å². The second-order valence-corrected chi connectivity index (χ2v) is 8.17.